The van der Waals surface area contributed by atoms with E-state index >= 15 is 0 Å². The van der Waals surface area contributed by atoms with Gasteiger partial charge in [-0.05, 0) is 54.2 Å². The fourth-order valence-corrected chi connectivity index (χ4v) is 4.12. The van der Waals surface area contributed by atoms with E-state index in [0.717, 1.165) is 17.7 Å². The standard InChI is InChI=1S/C23H22F4N2O2/c1-13-6-14(11-28)7-19-17(13)9-16(29-19)10-22(31,23(25,26)27)12-21(2,3)18-5-4-15(24)8-20(18)30/h4-9,29-31H,10,12H2,1-3H3. The van der Waals surface area contributed by atoms with Crippen molar-refractivity contribution < 1.29 is 27.8 Å². The third-order valence-electron chi connectivity index (χ3n) is 5.56. The van der Waals surface area contributed by atoms with Gasteiger partial charge in [0.1, 0.15) is 11.6 Å². The van der Waals surface area contributed by atoms with Crippen LogP contribution < -0.4 is 0 Å². The summed E-state index contributed by atoms with van der Waals surface area (Å²) < 4.78 is 55.4. The Kier molecular flexibility index (Phi) is 5.53. The average molecular weight is 434 g/mol. The molecule has 0 bridgehead atoms. The first-order valence-corrected chi connectivity index (χ1v) is 9.56. The molecule has 31 heavy (non-hydrogen) atoms. The predicted molar refractivity (Wildman–Crippen MR) is 108 cm³/mol. The number of nitrogens with one attached hydrogen (secondary N) is 1. The zero-order chi connectivity index (χ0) is 23.2. The Hall–Kier alpha value is -3.05. The van der Waals surface area contributed by atoms with Gasteiger partial charge in [-0.2, -0.15) is 18.4 Å². The molecule has 2 aromatic carbocycles. The number of nitriles is 1. The molecule has 0 radical (unpaired) electrons. The molecule has 1 atom stereocenters. The molecule has 1 heterocycles. The van der Waals surface area contributed by atoms with E-state index in [1.54, 1.807) is 19.1 Å². The minimum atomic E-state index is -4.97. The number of halogens is 4. The zero-order valence-corrected chi connectivity index (χ0v) is 17.2. The van der Waals surface area contributed by atoms with Gasteiger partial charge >= 0.3 is 6.18 Å². The van der Waals surface area contributed by atoms with E-state index in [9.17, 15) is 27.8 Å². The van der Waals surface area contributed by atoms with Crippen molar-refractivity contribution in [3.05, 3.63) is 64.6 Å². The number of alkyl halides is 3. The number of phenols is 1. The minimum Gasteiger partial charge on any atom is -0.508 e. The monoisotopic (exact) mass is 434 g/mol. The fourth-order valence-electron chi connectivity index (χ4n) is 4.12. The van der Waals surface area contributed by atoms with Gasteiger partial charge in [-0.25, -0.2) is 4.39 Å². The van der Waals surface area contributed by atoms with Crippen molar-refractivity contribution in [1.29, 1.82) is 5.26 Å². The number of aromatic nitrogens is 1. The largest absolute Gasteiger partial charge is 0.508 e. The van der Waals surface area contributed by atoms with Crippen molar-refractivity contribution in [3.8, 4) is 11.8 Å². The van der Waals surface area contributed by atoms with Gasteiger partial charge in [-0.3, -0.25) is 0 Å². The molecule has 0 aliphatic heterocycles. The van der Waals surface area contributed by atoms with Crippen molar-refractivity contribution >= 4 is 10.9 Å². The number of H-pyrrole nitrogens is 1. The Morgan fingerprint density at radius 1 is 1.10 bits per heavy atom. The molecule has 0 aliphatic carbocycles. The Balaban J connectivity index is 2.01. The summed E-state index contributed by atoms with van der Waals surface area (Å²) in [6.45, 7) is 4.65. The van der Waals surface area contributed by atoms with E-state index < -0.39 is 41.6 Å². The number of aliphatic hydroxyl groups is 1. The summed E-state index contributed by atoms with van der Waals surface area (Å²) in [5, 5.41) is 30.6. The number of hydrogen-bond acceptors (Lipinski definition) is 3. The molecule has 3 rings (SSSR count). The second-order valence-corrected chi connectivity index (χ2v) is 8.59. The molecule has 0 saturated heterocycles. The Morgan fingerprint density at radius 3 is 2.35 bits per heavy atom. The molecule has 0 aliphatic rings. The normalized spacial score (nSPS) is 14.4. The molecule has 3 aromatic rings. The van der Waals surface area contributed by atoms with Crippen LogP contribution in [0.2, 0.25) is 0 Å². The number of aromatic hydroxyl groups is 1. The predicted octanol–water partition coefficient (Wildman–Crippen LogP) is 5.40. The van der Waals surface area contributed by atoms with Gasteiger partial charge in [0.05, 0.1) is 11.6 Å². The second-order valence-electron chi connectivity index (χ2n) is 8.59. The molecule has 0 amide bonds. The number of benzene rings is 2. The van der Waals surface area contributed by atoms with Gasteiger partial charge in [0.25, 0.3) is 0 Å². The highest BCUT2D eigenvalue weighted by atomic mass is 19.4. The van der Waals surface area contributed by atoms with Gasteiger partial charge in [0, 0.05) is 29.1 Å². The van der Waals surface area contributed by atoms with Gasteiger partial charge in [-0.1, -0.05) is 19.9 Å². The molecule has 1 aromatic heterocycles. The first-order valence-electron chi connectivity index (χ1n) is 9.56. The van der Waals surface area contributed by atoms with Crippen LogP contribution in [0.15, 0.2) is 36.4 Å². The lowest BCUT2D eigenvalue weighted by Gasteiger charge is -2.38. The van der Waals surface area contributed by atoms with Crippen molar-refractivity contribution in [2.75, 3.05) is 0 Å². The summed E-state index contributed by atoms with van der Waals surface area (Å²) in [6, 6.07) is 9.81. The Morgan fingerprint density at radius 2 is 1.77 bits per heavy atom. The lowest BCUT2D eigenvalue weighted by Crippen LogP contribution is -2.50. The Labute approximate surface area is 176 Å². The highest BCUT2D eigenvalue weighted by molar-refractivity contribution is 5.85. The number of hydrogen-bond donors (Lipinski definition) is 3. The van der Waals surface area contributed by atoms with Crippen LogP contribution in [0.1, 0.15) is 42.7 Å². The van der Waals surface area contributed by atoms with E-state index in [1.807, 2.05) is 6.07 Å². The zero-order valence-electron chi connectivity index (χ0n) is 17.2. The Bertz CT molecular complexity index is 1170. The summed E-state index contributed by atoms with van der Waals surface area (Å²) in [5.41, 5.74) is -2.58. The maximum Gasteiger partial charge on any atom is 0.417 e. The highest BCUT2D eigenvalue weighted by Crippen LogP contribution is 2.45. The van der Waals surface area contributed by atoms with Crippen LogP contribution in [0.25, 0.3) is 10.9 Å². The molecule has 3 N–H and O–H groups in total. The number of nitrogens with zero attached hydrogens (tertiary/aromatic N) is 1. The molecule has 1 unspecified atom stereocenters. The molecule has 0 spiro atoms. The number of aryl methyl sites for hydroxylation is 1. The molecular formula is C23H22F4N2O2. The average Bonchev–Trinajstić information content (AvgIpc) is 3.02. The van der Waals surface area contributed by atoms with E-state index in [2.05, 4.69) is 4.98 Å². The van der Waals surface area contributed by atoms with Gasteiger partial charge < -0.3 is 15.2 Å². The highest BCUT2D eigenvalue weighted by Gasteiger charge is 2.56. The van der Waals surface area contributed by atoms with E-state index in [1.165, 1.54) is 26.0 Å². The van der Waals surface area contributed by atoms with Crippen LogP contribution in [0.4, 0.5) is 17.6 Å². The molecule has 0 fully saturated rings. The van der Waals surface area contributed by atoms with E-state index in [0.29, 0.717) is 16.5 Å². The number of rotatable bonds is 5. The van der Waals surface area contributed by atoms with Gasteiger partial charge in [0.2, 0.25) is 0 Å². The smallest absolute Gasteiger partial charge is 0.417 e. The number of aromatic amines is 1. The van der Waals surface area contributed by atoms with Gasteiger partial charge in [-0.15, -0.1) is 0 Å². The summed E-state index contributed by atoms with van der Waals surface area (Å²) in [4.78, 5) is 2.87. The molecule has 4 nitrogen and oxygen atoms in total. The molecule has 8 heteroatoms. The maximum absolute atomic E-state index is 14.0. The van der Waals surface area contributed by atoms with Crippen molar-refractivity contribution in [1.82, 2.24) is 4.98 Å². The van der Waals surface area contributed by atoms with Crippen LogP contribution in [-0.2, 0) is 11.8 Å². The number of phenolic OH excluding ortho intramolecular Hbond substituents is 1. The first kappa shape index (κ1) is 22.6. The summed E-state index contributed by atoms with van der Waals surface area (Å²) in [7, 11) is 0. The van der Waals surface area contributed by atoms with Gasteiger partial charge in [0.15, 0.2) is 5.60 Å². The van der Waals surface area contributed by atoms with Crippen LogP contribution >= 0.6 is 0 Å². The number of fused-ring (bicyclic) bond motifs is 1. The van der Waals surface area contributed by atoms with E-state index in [4.69, 9.17) is 5.26 Å². The molecular weight excluding hydrogens is 412 g/mol. The van der Waals surface area contributed by atoms with Crippen LogP contribution in [0.5, 0.6) is 5.75 Å². The maximum atomic E-state index is 14.0. The van der Waals surface area contributed by atoms with Crippen LogP contribution in [0, 0.1) is 24.1 Å². The van der Waals surface area contributed by atoms with Crippen molar-refractivity contribution in [2.45, 2.75) is 50.8 Å². The first-order chi connectivity index (χ1) is 14.3. The summed E-state index contributed by atoms with van der Waals surface area (Å²) >= 11 is 0. The molecule has 164 valence electrons. The third kappa shape index (κ3) is 4.37. The van der Waals surface area contributed by atoms with Crippen molar-refractivity contribution in [3.63, 3.8) is 0 Å². The topological polar surface area (TPSA) is 80.0 Å². The minimum absolute atomic E-state index is 0.0997. The summed E-state index contributed by atoms with van der Waals surface area (Å²) in [5.74, 6) is -1.19. The SMILES string of the molecule is Cc1cc(C#N)cc2[nH]c(CC(O)(CC(C)(C)c3ccc(F)cc3O)C(F)(F)F)cc12. The van der Waals surface area contributed by atoms with E-state index in [-0.39, 0.29) is 11.3 Å². The van der Waals surface area contributed by atoms with Crippen LogP contribution in [0.3, 0.4) is 0 Å². The molecule has 0 saturated carbocycles. The fraction of sp³-hybridized carbons (Fsp3) is 0.348. The third-order valence-corrected chi connectivity index (χ3v) is 5.56. The van der Waals surface area contributed by atoms with Crippen LogP contribution in [-0.4, -0.2) is 27.0 Å². The lowest BCUT2D eigenvalue weighted by atomic mass is 9.73. The lowest BCUT2D eigenvalue weighted by molar-refractivity contribution is -0.266. The quantitative estimate of drug-likeness (QED) is 0.471. The summed E-state index contributed by atoms with van der Waals surface area (Å²) in [6.07, 6.45) is -6.48. The van der Waals surface area contributed by atoms with Crippen molar-refractivity contribution in [2.24, 2.45) is 0 Å². The second kappa shape index (κ2) is 7.57.